The average molecular weight is 246 g/mol. The third-order valence-corrected chi connectivity index (χ3v) is 4.02. The van der Waals surface area contributed by atoms with E-state index in [0.29, 0.717) is 0 Å². The van der Waals surface area contributed by atoms with Crippen LogP contribution in [0.3, 0.4) is 0 Å². The van der Waals surface area contributed by atoms with Gasteiger partial charge in [0, 0.05) is 31.0 Å². The summed E-state index contributed by atoms with van der Waals surface area (Å²) < 4.78 is 0. The average Bonchev–Trinajstić information content (AvgIpc) is 2.44. The van der Waals surface area contributed by atoms with Crippen molar-refractivity contribution in [3.8, 4) is 0 Å². The highest BCUT2D eigenvalue weighted by Crippen LogP contribution is 2.31. The second-order valence-electron chi connectivity index (χ2n) is 5.39. The second-order valence-corrected chi connectivity index (χ2v) is 5.39. The number of anilines is 2. The molecule has 0 aliphatic carbocycles. The van der Waals surface area contributed by atoms with Crippen LogP contribution in [0.2, 0.25) is 0 Å². The van der Waals surface area contributed by atoms with Gasteiger partial charge in [-0.05, 0) is 43.4 Å². The maximum absolute atomic E-state index is 3.52. The Balaban J connectivity index is 2.24. The van der Waals surface area contributed by atoms with Gasteiger partial charge in [-0.15, -0.1) is 0 Å². The van der Waals surface area contributed by atoms with Gasteiger partial charge >= 0.3 is 0 Å². The van der Waals surface area contributed by atoms with E-state index in [4.69, 9.17) is 0 Å². The van der Waals surface area contributed by atoms with Gasteiger partial charge in [0.25, 0.3) is 0 Å². The Morgan fingerprint density at radius 1 is 1.33 bits per heavy atom. The van der Waals surface area contributed by atoms with Crippen molar-refractivity contribution in [3.63, 3.8) is 0 Å². The van der Waals surface area contributed by atoms with Gasteiger partial charge in [0.15, 0.2) is 0 Å². The number of rotatable bonds is 5. The Kier molecular flexibility index (Phi) is 4.51. The van der Waals surface area contributed by atoms with E-state index >= 15 is 0 Å². The lowest BCUT2D eigenvalue weighted by atomic mass is 9.99. The first-order chi connectivity index (χ1) is 8.76. The maximum atomic E-state index is 3.52. The van der Waals surface area contributed by atoms with Crippen LogP contribution in [0, 0.1) is 5.92 Å². The molecule has 1 unspecified atom stereocenters. The molecule has 1 heterocycles. The lowest BCUT2D eigenvalue weighted by Gasteiger charge is -2.31. The summed E-state index contributed by atoms with van der Waals surface area (Å²) in [7, 11) is 0. The molecule has 1 atom stereocenters. The fraction of sp³-hybridized carbons (Fsp3) is 0.625. The van der Waals surface area contributed by atoms with Crippen LogP contribution in [0.1, 0.15) is 39.2 Å². The van der Waals surface area contributed by atoms with E-state index in [-0.39, 0.29) is 0 Å². The molecule has 0 radical (unpaired) electrons. The standard InChI is InChI=1S/C16H26N2/c1-4-13(3)12-18(5-2)16-10-6-9-15-14(16)8-7-11-17-15/h6,9-10,13,17H,4-5,7-8,11-12H2,1-3H3. The SMILES string of the molecule is CCC(C)CN(CC)c1cccc2c1CCCN2. The number of benzene rings is 1. The fourth-order valence-corrected chi connectivity index (χ4v) is 2.69. The van der Waals surface area contributed by atoms with E-state index in [9.17, 15) is 0 Å². The maximum Gasteiger partial charge on any atom is 0.0419 e. The molecule has 0 saturated carbocycles. The van der Waals surface area contributed by atoms with Crippen molar-refractivity contribution < 1.29 is 0 Å². The van der Waals surface area contributed by atoms with E-state index in [0.717, 1.165) is 19.0 Å². The minimum Gasteiger partial charge on any atom is -0.385 e. The van der Waals surface area contributed by atoms with Crippen LogP contribution >= 0.6 is 0 Å². The fourth-order valence-electron chi connectivity index (χ4n) is 2.69. The Morgan fingerprint density at radius 2 is 2.17 bits per heavy atom. The van der Waals surface area contributed by atoms with Gasteiger partial charge in [-0.1, -0.05) is 26.3 Å². The van der Waals surface area contributed by atoms with Crippen molar-refractivity contribution in [3.05, 3.63) is 23.8 Å². The van der Waals surface area contributed by atoms with Gasteiger partial charge in [0.2, 0.25) is 0 Å². The third-order valence-electron chi connectivity index (χ3n) is 4.02. The van der Waals surface area contributed by atoms with Gasteiger partial charge in [0.05, 0.1) is 0 Å². The molecule has 1 N–H and O–H groups in total. The number of hydrogen-bond donors (Lipinski definition) is 1. The predicted molar refractivity (Wildman–Crippen MR) is 80.6 cm³/mol. The highest BCUT2D eigenvalue weighted by Gasteiger charge is 2.17. The van der Waals surface area contributed by atoms with Crippen molar-refractivity contribution in [1.29, 1.82) is 0 Å². The van der Waals surface area contributed by atoms with Crippen LogP contribution in [0.25, 0.3) is 0 Å². The molecule has 0 saturated heterocycles. The number of fused-ring (bicyclic) bond motifs is 1. The Morgan fingerprint density at radius 3 is 2.89 bits per heavy atom. The molecular formula is C16H26N2. The van der Waals surface area contributed by atoms with E-state index in [1.807, 2.05) is 0 Å². The van der Waals surface area contributed by atoms with Crippen molar-refractivity contribution >= 4 is 11.4 Å². The molecule has 0 spiro atoms. The zero-order chi connectivity index (χ0) is 13.0. The molecule has 0 aromatic heterocycles. The quantitative estimate of drug-likeness (QED) is 0.847. The number of nitrogens with one attached hydrogen (secondary N) is 1. The van der Waals surface area contributed by atoms with Crippen LogP contribution in [0.5, 0.6) is 0 Å². The number of hydrogen-bond acceptors (Lipinski definition) is 2. The van der Waals surface area contributed by atoms with Gasteiger partial charge in [-0.3, -0.25) is 0 Å². The van der Waals surface area contributed by atoms with Gasteiger partial charge in [-0.25, -0.2) is 0 Å². The first-order valence-electron chi connectivity index (χ1n) is 7.37. The molecule has 1 aromatic rings. The summed E-state index contributed by atoms with van der Waals surface area (Å²) in [5.41, 5.74) is 4.32. The molecule has 0 amide bonds. The summed E-state index contributed by atoms with van der Waals surface area (Å²) in [6.45, 7) is 10.3. The molecular weight excluding hydrogens is 220 g/mol. The van der Waals surface area contributed by atoms with Crippen molar-refractivity contribution in [2.75, 3.05) is 29.9 Å². The monoisotopic (exact) mass is 246 g/mol. The molecule has 1 aliphatic heterocycles. The largest absolute Gasteiger partial charge is 0.385 e. The zero-order valence-corrected chi connectivity index (χ0v) is 12.0. The van der Waals surface area contributed by atoms with E-state index in [1.54, 1.807) is 0 Å². The molecule has 1 aromatic carbocycles. The molecule has 0 fully saturated rings. The molecule has 0 bridgehead atoms. The molecule has 2 rings (SSSR count). The lowest BCUT2D eigenvalue weighted by molar-refractivity contribution is 0.547. The highest BCUT2D eigenvalue weighted by atomic mass is 15.1. The summed E-state index contributed by atoms with van der Waals surface area (Å²) in [6.07, 6.45) is 3.73. The van der Waals surface area contributed by atoms with Crippen molar-refractivity contribution in [1.82, 2.24) is 0 Å². The van der Waals surface area contributed by atoms with Crippen molar-refractivity contribution in [2.24, 2.45) is 5.92 Å². The minimum atomic E-state index is 0.761. The molecule has 2 nitrogen and oxygen atoms in total. The normalized spacial score (nSPS) is 15.7. The first-order valence-corrected chi connectivity index (χ1v) is 7.37. The zero-order valence-electron chi connectivity index (χ0n) is 12.0. The predicted octanol–water partition coefficient (Wildman–Crippen LogP) is 3.92. The molecule has 18 heavy (non-hydrogen) atoms. The Hall–Kier alpha value is -1.18. The third kappa shape index (κ3) is 2.80. The van der Waals surface area contributed by atoms with Gasteiger partial charge in [0.1, 0.15) is 0 Å². The van der Waals surface area contributed by atoms with Crippen LogP contribution < -0.4 is 10.2 Å². The lowest BCUT2D eigenvalue weighted by Crippen LogP contribution is -2.29. The number of nitrogens with zero attached hydrogens (tertiary/aromatic N) is 1. The Labute approximate surface area is 111 Å². The molecule has 100 valence electrons. The van der Waals surface area contributed by atoms with Crippen LogP contribution in [-0.4, -0.2) is 19.6 Å². The highest BCUT2D eigenvalue weighted by molar-refractivity contribution is 5.67. The molecule has 1 aliphatic rings. The van der Waals surface area contributed by atoms with E-state index < -0.39 is 0 Å². The van der Waals surface area contributed by atoms with E-state index in [1.165, 1.54) is 42.7 Å². The van der Waals surface area contributed by atoms with Crippen LogP contribution in [0.15, 0.2) is 18.2 Å². The molecule has 2 heteroatoms. The van der Waals surface area contributed by atoms with Gasteiger partial charge in [-0.2, -0.15) is 0 Å². The van der Waals surface area contributed by atoms with Gasteiger partial charge < -0.3 is 10.2 Å². The van der Waals surface area contributed by atoms with Crippen LogP contribution in [-0.2, 0) is 6.42 Å². The summed E-state index contributed by atoms with van der Waals surface area (Å²) in [5.74, 6) is 0.761. The first kappa shape index (κ1) is 13.3. The summed E-state index contributed by atoms with van der Waals surface area (Å²) in [4.78, 5) is 2.54. The minimum absolute atomic E-state index is 0.761. The summed E-state index contributed by atoms with van der Waals surface area (Å²) >= 11 is 0. The van der Waals surface area contributed by atoms with E-state index in [2.05, 4.69) is 49.2 Å². The van der Waals surface area contributed by atoms with Crippen LogP contribution in [0.4, 0.5) is 11.4 Å². The summed E-state index contributed by atoms with van der Waals surface area (Å²) in [6, 6.07) is 6.69. The Bertz CT molecular complexity index is 387. The summed E-state index contributed by atoms with van der Waals surface area (Å²) in [5, 5.41) is 3.52. The second kappa shape index (κ2) is 6.12. The van der Waals surface area contributed by atoms with Crippen molar-refractivity contribution in [2.45, 2.75) is 40.0 Å². The smallest absolute Gasteiger partial charge is 0.0419 e. The topological polar surface area (TPSA) is 15.3 Å².